The van der Waals surface area contributed by atoms with Gasteiger partial charge in [0.2, 0.25) is 0 Å². The Labute approximate surface area is 185 Å². The second-order valence-corrected chi connectivity index (χ2v) is 9.01. The predicted molar refractivity (Wildman–Crippen MR) is 122 cm³/mol. The van der Waals surface area contributed by atoms with Gasteiger partial charge in [-0.25, -0.2) is 4.98 Å². The van der Waals surface area contributed by atoms with Gasteiger partial charge in [0, 0.05) is 55.9 Å². The first kappa shape index (κ1) is 19.8. The van der Waals surface area contributed by atoms with Crippen molar-refractivity contribution in [2.45, 2.75) is 13.0 Å². The van der Waals surface area contributed by atoms with Crippen LogP contribution in [0.3, 0.4) is 0 Å². The van der Waals surface area contributed by atoms with Crippen molar-refractivity contribution in [3.05, 3.63) is 81.7 Å². The zero-order valence-electron chi connectivity index (χ0n) is 17.2. The second-order valence-electron chi connectivity index (χ2n) is 7.87. The molecule has 0 unspecified atom stereocenters. The van der Waals surface area contributed by atoms with E-state index in [1.165, 1.54) is 4.88 Å². The second kappa shape index (κ2) is 8.51. The Kier molecular flexibility index (Phi) is 5.42. The van der Waals surface area contributed by atoms with Crippen molar-refractivity contribution in [3.8, 4) is 0 Å². The van der Waals surface area contributed by atoms with Crippen LogP contribution >= 0.6 is 11.3 Å². The van der Waals surface area contributed by atoms with Crippen LogP contribution < -0.4 is 4.90 Å². The number of thiophene rings is 1. The third-order valence-electron chi connectivity index (χ3n) is 5.93. The lowest BCUT2D eigenvalue weighted by molar-refractivity contribution is 0.0735. The summed E-state index contributed by atoms with van der Waals surface area (Å²) in [6, 6.07) is 17.3. The molecule has 0 aliphatic carbocycles. The topological polar surface area (TPSA) is 56.8 Å². The van der Waals surface area contributed by atoms with E-state index in [4.69, 9.17) is 0 Å². The smallest absolute Gasteiger partial charge is 0.264 e. The molecule has 0 atom stereocenters. The zero-order chi connectivity index (χ0) is 21.2. The highest BCUT2D eigenvalue weighted by Crippen LogP contribution is 2.30. The summed E-state index contributed by atoms with van der Waals surface area (Å²) < 4.78 is 0. The molecule has 2 aliphatic heterocycles. The van der Waals surface area contributed by atoms with Gasteiger partial charge >= 0.3 is 0 Å². The van der Waals surface area contributed by atoms with Gasteiger partial charge in [-0.05, 0) is 42.3 Å². The van der Waals surface area contributed by atoms with Gasteiger partial charge < -0.3 is 14.7 Å². The van der Waals surface area contributed by atoms with Crippen molar-refractivity contribution in [1.82, 2.24) is 14.8 Å². The number of benzene rings is 1. The highest BCUT2D eigenvalue weighted by atomic mass is 32.1. The van der Waals surface area contributed by atoms with Gasteiger partial charge in [0.1, 0.15) is 5.82 Å². The SMILES string of the molecule is O=C(c1ccccc1)N1CCc2sc(C(=O)N3CCN(c4ccccn4)CC3)cc2C1. The molecule has 1 aromatic carbocycles. The van der Waals surface area contributed by atoms with E-state index in [1.54, 1.807) is 17.5 Å². The van der Waals surface area contributed by atoms with Crippen LogP contribution in [0.2, 0.25) is 0 Å². The molecule has 0 spiro atoms. The van der Waals surface area contributed by atoms with Crippen LogP contribution in [0.25, 0.3) is 0 Å². The molecule has 6 nitrogen and oxygen atoms in total. The number of amides is 2. The van der Waals surface area contributed by atoms with Crippen molar-refractivity contribution in [1.29, 1.82) is 0 Å². The molecule has 158 valence electrons. The summed E-state index contributed by atoms with van der Waals surface area (Å²) in [6.45, 7) is 4.21. The standard InChI is InChI=1S/C24H24N4O2S/c29-23(18-6-2-1-3-7-18)28-11-9-20-19(17-28)16-21(31-20)24(30)27-14-12-26(13-15-27)22-8-4-5-10-25-22/h1-8,10,16H,9,11-15,17H2. The third kappa shape index (κ3) is 4.05. The first-order chi connectivity index (χ1) is 15.2. The van der Waals surface area contributed by atoms with E-state index in [0.717, 1.165) is 35.8 Å². The average molecular weight is 433 g/mol. The van der Waals surface area contributed by atoms with E-state index < -0.39 is 0 Å². The molecule has 0 saturated carbocycles. The fourth-order valence-electron chi connectivity index (χ4n) is 4.21. The summed E-state index contributed by atoms with van der Waals surface area (Å²) in [5.41, 5.74) is 1.82. The Morgan fingerprint density at radius 1 is 0.839 bits per heavy atom. The van der Waals surface area contributed by atoms with Crippen molar-refractivity contribution < 1.29 is 9.59 Å². The van der Waals surface area contributed by atoms with Crippen molar-refractivity contribution in [3.63, 3.8) is 0 Å². The van der Waals surface area contributed by atoms with Crippen LogP contribution in [0.1, 0.15) is 30.5 Å². The van der Waals surface area contributed by atoms with Crippen molar-refractivity contribution >= 4 is 29.0 Å². The number of fused-ring (bicyclic) bond motifs is 1. The molecule has 2 aromatic heterocycles. The molecule has 5 rings (SSSR count). The predicted octanol–water partition coefficient (Wildman–Crippen LogP) is 3.30. The fraction of sp³-hybridized carbons (Fsp3) is 0.292. The first-order valence-corrected chi connectivity index (χ1v) is 11.4. The highest BCUT2D eigenvalue weighted by molar-refractivity contribution is 7.14. The molecule has 1 saturated heterocycles. The van der Waals surface area contributed by atoms with Gasteiger partial charge in [0.25, 0.3) is 11.8 Å². The molecule has 7 heteroatoms. The molecule has 0 N–H and O–H groups in total. The number of rotatable bonds is 3. The minimum atomic E-state index is 0.0518. The summed E-state index contributed by atoms with van der Waals surface area (Å²) in [7, 11) is 0. The van der Waals surface area contributed by atoms with E-state index in [-0.39, 0.29) is 11.8 Å². The summed E-state index contributed by atoms with van der Waals surface area (Å²) in [4.78, 5) is 38.4. The third-order valence-corrected chi connectivity index (χ3v) is 7.15. The lowest BCUT2D eigenvalue weighted by Gasteiger charge is -2.35. The summed E-state index contributed by atoms with van der Waals surface area (Å²) in [6.07, 6.45) is 2.61. The number of aromatic nitrogens is 1. The summed E-state index contributed by atoms with van der Waals surface area (Å²) >= 11 is 1.59. The van der Waals surface area contributed by atoms with Crippen LogP contribution in [-0.4, -0.2) is 59.3 Å². The van der Waals surface area contributed by atoms with Gasteiger partial charge in [0.05, 0.1) is 4.88 Å². The minimum Gasteiger partial charge on any atom is -0.353 e. The molecular weight excluding hydrogens is 408 g/mol. The largest absolute Gasteiger partial charge is 0.353 e. The minimum absolute atomic E-state index is 0.0518. The molecule has 2 aliphatic rings. The molecule has 3 aromatic rings. The van der Waals surface area contributed by atoms with E-state index in [0.29, 0.717) is 31.7 Å². The molecular formula is C24H24N4O2S. The molecule has 4 heterocycles. The maximum absolute atomic E-state index is 13.1. The molecule has 0 radical (unpaired) electrons. The summed E-state index contributed by atoms with van der Waals surface area (Å²) in [5, 5.41) is 0. The lowest BCUT2D eigenvalue weighted by atomic mass is 10.1. The van der Waals surface area contributed by atoms with Crippen LogP contribution in [-0.2, 0) is 13.0 Å². The summed E-state index contributed by atoms with van der Waals surface area (Å²) in [5.74, 6) is 1.11. The number of nitrogens with zero attached hydrogens (tertiary/aromatic N) is 4. The normalized spacial score (nSPS) is 16.2. The number of anilines is 1. The van der Waals surface area contributed by atoms with Gasteiger partial charge in [-0.2, -0.15) is 0 Å². The molecule has 0 bridgehead atoms. The van der Waals surface area contributed by atoms with Gasteiger partial charge in [-0.15, -0.1) is 11.3 Å². The monoisotopic (exact) mass is 432 g/mol. The number of carbonyl (C=O) groups is 2. The Balaban J connectivity index is 1.24. The van der Waals surface area contributed by atoms with Gasteiger partial charge in [0.15, 0.2) is 0 Å². The highest BCUT2D eigenvalue weighted by Gasteiger charge is 2.28. The Bertz CT molecular complexity index is 1080. The lowest BCUT2D eigenvalue weighted by Crippen LogP contribution is -2.48. The van der Waals surface area contributed by atoms with Crippen molar-refractivity contribution in [2.24, 2.45) is 0 Å². The molecule has 2 amide bonds. The average Bonchev–Trinajstić information content (AvgIpc) is 3.28. The zero-order valence-corrected chi connectivity index (χ0v) is 18.1. The van der Waals surface area contributed by atoms with Crippen LogP contribution in [0.15, 0.2) is 60.8 Å². The number of pyridine rings is 1. The van der Waals surface area contributed by atoms with Gasteiger partial charge in [-0.3, -0.25) is 9.59 Å². The Morgan fingerprint density at radius 3 is 2.35 bits per heavy atom. The number of hydrogen-bond acceptors (Lipinski definition) is 5. The Hall–Kier alpha value is -3.19. The van der Waals surface area contributed by atoms with Crippen LogP contribution in [0, 0.1) is 0 Å². The Morgan fingerprint density at radius 2 is 1.61 bits per heavy atom. The van der Waals surface area contributed by atoms with Crippen molar-refractivity contribution in [2.75, 3.05) is 37.6 Å². The number of carbonyl (C=O) groups excluding carboxylic acids is 2. The maximum atomic E-state index is 13.1. The quantitative estimate of drug-likeness (QED) is 0.637. The number of hydrogen-bond donors (Lipinski definition) is 0. The van der Waals surface area contributed by atoms with E-state index in [1.807, 2.05) is 64.4 Å². The van der Waals surface area contributed by atoms with E-state index >= 15 is 0 Å². The van der Waals surface area contributed by atoms with E-state index in [9.17, 15) is 9.59 Å². The number of piperazine rings is 1. The molecule has 1 fully saturated rings. The fourth-order valence-corrected chi connectivity index (χ4v) is 5.34. The molecule has 31 heavy (non-hydrogen) atoms. The van der Waals surface area contributed by atoms with Crippen LogP contribution in [0.5, 0.6) is 0 Å². The maximum Gasteiger partial charge on any atom is 0.264 e. The van der Waals surface area contributed by atoms with E-state index in [2.05, 4.69) is 9.88 Å². The first-order valence-electron chi connectivity index (χ1n) is 10.6. The van der Waals surface area contributed by atoms with Crippen LogP contribution in [0.4, 0.5) is 5.82 Å². The van der Waals surface area contributed by atoms with Gasteiger partial charge in [-0.1, -0.05) is 24.3 Å².